The molecule has 0 bridgehead atoms. The Hall–Kier alpha value is -11.0. The Kier molecular flexibility index (Phi) is 36.0. The number of hydrogen-bond donors (Lipinski definition) is 6. The molecule has 27 nitrogen and oxygen atoms in total. The molecule has 15 heterocycles. The van der Waals surface area contributed by atoms with E-state index >= 15 is 0 Å². The Morgan fingerprint density at radius 1 is 0.319 bits per heavy atom. The van der Waals surface area contributed by atoms with E-state index in [-0.39, 0.29) is 44.6 Å². The van der Waals surface area contributed by atoms with Crippen molar-refractivity contribution in [1.29, 1.82) is 0 Å². The normalized spacial score (nSPS) is 14.6. The van der Waals surface area contributed by atoms with E-state index in [4.69, 9.17) is 64.6 Å². The van der Waals surface area contributed by atoms with Gasteiger partial charge in [-0.25, -0.2) is 45.4 Å². The van der Waals surface area contributed by atoms with Crippen LogP contribution in [-0.2, 0) is 136 Å². The highest BCUT2D eigenvalue weighted by Gasteiger charge is 2.30. The minimum absolute atomic E-state index is 0. The van der Waals surface area contributed by atoms with Crippen molar-refractivity contribution in [3.8, 4) is 5.88 Å². The summed E-state index contributed by atoms with van der Waals surface area (Å²) in [4.78, 5) is 0. The standard InChI is InChI=1S/C18H24N5.C18H27N4.C17H22N5.C17H27N4.C16H25N4O.C16H25N4.6CH3/c1-21-11-12-22(13-21)10-3-2-6-15-18(19)17-9-8-14-5-4-7-16(14)23(17)20-15;1-22(11-2-3-12-22)13-5-7-15-18(19)17-10-9-14-6-4-8-16(14)21(17)20-15;1-20-10-11-21(12-20)9-3-5-14-17(18)16-8-7-13-4-2-6-15(13)22(16)19-14;1-21(2,3)12-5-4-8-14-17(18)16-11-10-13-7-6-9-15(13)20(16)19-14;1-20(2,3)10-5-11-21-16-15(17)14-9-8-12-6-4-7-13(12)19(14)18-16;1-20(2,3)11-5-7-13-16(17)15-10-9-12-6-4-8-14(12)19(15)18-13;;;;;;/h8-9,11-13H,2-7,10,19H2,1H3;9-10H,2-8,11-13,19H2,1H3;7-8,10-12H,2-6,9,18H2,1H3;10-11H,4-9,12,18H2,1-3H3;8-9H,4-7,10-11,17H2,1-3H3;9-10H,4-8,11,17H2,1-3H3;6*1H3/q6*+1;6*-1. The maximum Gasteiger partial charge on any atom is 0.257 e. The van der Waals surface area contributed by atoms with Gasteiger partial charge in [0.25, 0.3) is 5.88 Å². The lowest BCUT2D eigenvalue weighted by Gasteiger charge is -2.28. The summed E-state index contributed by atoms with van der Waals surface area (Å²) in [6.45, 7) is 10.0. The number of nitrogens with two attached hydrogens (primary N) is 6. The van der Waals surface area contributed by atoms with E-state index in [1.807, 2.05) is 18.6 Å². The first kappa shape index (κ1) is 106. The first-order chi connectivity index (χ1) is 62.0. The molecule has 1 saturated heterocycles. The molecule has 27 heteroatoms. The molecule has 7 aliphatic rings. The van der Waals surface area contributed by atoms with Crippen LogP contribution < -0.4 is 48.3 Å². The molecule has 736 valence electrons. The van der Waals surface area contributed by atoms with Crippen LogP contribution >= 0.6 is 0 Å². The summed E-state index contributed by atoms with van der Waals surface area (Å²) < 4.78 is 31.0. The molecule has 0 atom stereocenters. The van der Waals surface area contributed by atoms with E-state index in [2.05, 4.69) is 227 Å². The summed E-state index contributed by atoms with van der Waals surface area (Å²) in [5.74, 6) is 0.580. The highest BCUT2D eigenvalue weighted by atomic mass is 16.5. The van der Waals surface area contributed by atoms with Crippen LogP contribution in [0.3, 0.4) is 0 Å². The molecule has 135 heavy (non-hydrogen) atoms. The van der Waals surface area contributed by atoms with Crippen molar-refractivity contribution >= 4 is 67.2 Å². The van der Waals surface area contributed by atoms with Crippen molar-refractivity contribution in [3.05, 3.63) is 251 Å². The van der Waals surface area contributed by atoms with Crippen LogP contribution in [0.25, 0.3) is 33.1 Å². The molecule has 14 aromatic heterocycles. The average Bonchev–Trinajstić information content (AvgIpc) is 1.65. The van der Waals surface area contributed by atoms with Gasteiger partial charge in [0.15, 0.2) is 0 Å². The summed E-state index contributed by atoms with van der Waals surface area (Å²) >= 11 is 0. The Labute approximate surface area is 807 Å². The number of anilines is 6. The number of aryl methyl sites for hydroxylation is 21. The molecular formula is C108H168N26O. The second-order valence-corrected chi connectivity index (χ2v) is 41.4. The number of likely N-dealkylation sites (tertiary alicyclic amines) is 1. The Morgan fingerprint density at radius 2 is 0.593 bits per heavy atom. The van der Waals surface area contributed by atoms with Gasteiger partial charge in [-0.1, -0.05) is 36.4 Å². The van der Waals surface area contributed by atoms with Gasteiger partial charge >= 0.3 is 0 Å². The van der Waals surface area contributed by atoms with Gasteiger partial charge in [-0.15, -0.1) is 5.10 Å². The number of quaternary nitrogens is 4. The van der Waals surface area contributed by atoms with Crippen LogP contribution in [0.15, 0.2) is 110 Å². The molecule has 1 fully saturated rings. The van der Waals surface area contributed by atoms with Gasteiger partial charge in [-0.3, -0.25) is 0 Å². The van der Waals surface area contributed by atoms with Crippen LogP contribution in [0.4, 0.5) is 34.1 Å². The minimum Gasteiger partial charge on any atom is -0.475 e. The highest BCUT2D eigenvalue weighted by Crippen LogP contribution is 2.36. The van der Waals surface area contributed by atoms with E-state index in [0.717, 1.165) is 245 Å². The molecule has 0 radical (unpaired) electrons. The first-order valence-corrected chi connectivity index (χ1v) is 48.6. The van der Waals surface area contributed by atoms with Crippen molar-refractivity contribution in [2.24, 2.45) is 14.1 Å². The van der Waals surface area contributed by atoms with Gasteiger partial charge in [0.1, 0.15) is 30.5 Å². The number of rotatable bonds is 27. The summed E-state index contributed by atoms with van der Waals surface area (Å²) in [6.07, 6.45) is 50.3. The van der Waals surface area contributed by atoms with Crippen LogP contribution in [0.1, 0.15) is 199 Å². The largest absolute Gasteiger partial charge is 0.475 e. The maximum absolute atomic E-state index is 6.37. The van der Waals surface area contributed by atoms with Gasteiger partial charge in [-0.2, -0.15) is 25.5 Å². The zero-order valence-electron chi connectivity index (χ0n) is 85.9. The summed E-state index contributed by atoms with van der Waals surface area (Å²) in [6, 6.07) is 26.1. The second-order valence-electron chi connectivity index (χ2n) is 41.4. The predicted molar refractivity (Wildman–Crippen MR) is 559 cm³/mol. The zero-order valence-corrected chi connectivity index (χ0v) is 85.9. The van der Waals surface area contributed by atoms with Crippen molar-refractivity contribution in [2.45, 2.75) is 225 Å². The van der Waals surface area contributed by atoms with Crippen molar-refractivity contribution < 1.29 is 31.8 Å². The topological polar surface area (TPSA) is 287 Å². The second kappa shape index (κ2) is 45.8. The molecule has 21 rings (SSSR count). The number of pyridine rings is 6. The van der Waals surface area contributed by atoms with E-state index in [9.17, 15) is 0 Å². The predicted octanol–water partition coefficient (Wildman–Crippen LogP) is 15.4. The minimum atomic E-state index is 0. The average molecular weight is 1850 g/mol. The Morgan fingerprint density at radius 3 is 0.911 bits per heavy atom. The SMILES string of the molecule is C[N+](C)(C)CCCCc1nn2c3c(ccc2c1N)CCC3.C[N+](C)(C)CCCOc1nn2c3c(ccc2c1N)CCC3.C[N+](C)(C)CCCc1nn2c3c(ccc2c1N)CCC3.C[N+]1(CCCc2nn3c4c(ccc3c2N)CCC4)CCCC1.C[n+]1ccn(CCCCc2nn3c4c(ccc3c2N)CCC4)c1.C[n+]1ccn(CCCc2nn3c4c(ccc3c2N)CCC4)c1.[CH3-].[CH3-].[CH3-].[CH3-].[CH3-].[CH3-]. The molecule has 0 saturated carbocycles. The number of ether oxygens (including phenoxy) is 1. The Balaban J connectivity index is 0.000000166. The molecule has 0 unspecified atom stereocenters. The molecule has 0 aromatic carbocycles. The molecule has 6 aliphatic carbocycles. The van der Waals surface area contributed by atoms with Gasteiger partial charge < -0.3 is 102 Å². The number of aromatic nitrogens is 16. The van der Waals surface area contributed by atoms with Crippen LogP contribution in [0, 0.1) is 44.6 Å². The van der Waals surface area contributed by atoms with Gasteiger partial charge in [0, 0.05) is 66.3 Å². The molecule has 12 N–H and O–H groups in total. The Bertz CT molecular complexity index is 6130. The van der Waals surface area contributed by atoms with Crippen LogP contribution in [0.2, 0.25) is 0 Å². The lowest BCUT2D eigenvalue weighted by atomic mass is 10.1. The van der Waals surface area contributed by atoms with E-state index in [1.54, 1.807) is 0 Å². The van der Waals surface area contributed by atoms with Gasteiger partial charge in [0.05, 0.1) is 234 Å². The van der Waals surface area contributed by atoms with Crippen LogP contribution in [0.5, 0.6) is 5.88 Å². The molecule has 0 spiro atoms. The first-order valence-electron chi connectivity index (χ1n) is 48.6. The third-order valence-electron chi connectivity index (χ3n) is 27.9. The maximum atomic E-state index is 6.37. The van der Waals surface area contributed by atoms with E-state index in [0.29, 0.717) is 18.2 Å². The third-order valence-corrected chi connectivity index (χ3v) is 27.9. The quantitative estimate of drug-likeness (QED) is 0.0121. The van der Waals surface area contributed by atoms with Crippen molar-refractivity contribution in [2.75, 3.05) is 151 Å². The van der Waals surface area contributed by atoms with Gasteiger partial charge in [0.2, 0.25) is 12.7 Å². The fraction of sp³-hybridized carbons (Fsp3) is 0.500. The molecular weight excluding hydrogens is 1680 g/mol. The molecule has 0 amide bonds. The number of nitrogens with zero attached hydrogens (tertiary/aromatic N) is 20. The zero-order chi connectivity index (χ0) is 90.5. The number of imidazole rings is 2. The lowest BCUT2D eigenvalue weighted by Crippen LogP contribution is -2.41. The highest BCUT2D eigenvalue weighted by molar-refractivity contribution is 5.78. The number of unbranched alkanes of at least 4 members (excludes halogenated alkanes) is 2. The summed E-state index contributed by atoms with van der Waals surface area (Å²) in [5, 5.41) is 28.6. The summed E-state index contributed by atoms with van der Waals surface area (Å²) in [5.41, 5.74) is 71.4. The van der Waals surface area contributed by atoms with E-state index < -0.39 is 0 Å². The summed E-state index contributed by atoms with van der Waals surface area (Å²) in [7, 11) is 26.4. The number of hydrogen-bond acceptors (Lipinski definition) is 13. The monoisotopic (exact) mass is 1850 g/mol. The van der Waals surface area contributed by atoms with Crippen molar-refractivity contribution in [3.63, 3.8) is 0 Å². The molecule has 14 aromatic rings. The fourth-order valence-electron chi connectivity index (χ4n) is 20.8. The smallest absolute Gasteiger partial charge is 0.257 e. The third kappa shape index (κ3) is 24.9. The fourth-order valence-corrected chi connectivity index (χ4v) is 20.8. The van der Waals surface area contributed by atoms with Gasteiger partial charge in [-0.05, 0) is 250 Å². The number of fused-ring (bicyclic) bond motifs is 18. The number of nitrogen functional groups attached to an aromatic ring is 6. The van der Waals surface area contributed by atoms with Crippen molar-refractivity contribution in [1.82, 2.24) is 66.8 Å². The van der Waals surface area contributed by atoms with Crippen LogP contribution in [-0.4, -0.2) is 201 Å². The van der Waals surface area contributed by atoms with E-state index in [1.165, 1.54) is 195 Å². The lowest BCUT2D eigenvalue weighted by molar-refractivity contribution is -0.897. The molecule has 1 aliphatic heterocycles.